The number of rotatable bonds is 2. The Morgan fingerprint density at radius 1 is 1.38 bits per heavy atom. The molecule has 1 N–H and O–H groups in total. The van der Waals surface area contributed by atoms with Gasteiger partial charge in [-0.05, 0) is 17.5 Å². The van der Waals surface area contributed by atoms with Crippen LogP contribution in [0, 0.1) is 5.41 Å². The smallest absolute Gasteiger partial charge is 0.229 e. The van der Waals surface area contributed by atoms with Crippen molar-refractivity contribution in [2.45, 2.75) is 40.5 Å². The molecule has 1 rings (SSSR count). The second-order valence-electron chi connectivity index (χ2n) is 5.01. The predicted molar refractivity (Wildman–Crippen MR) is 68.6 cm³/mol. The first kappa shape index (κ1) is 8.80. The number of benzene rings is 1. The van der Waals surface area contributed by atoms with Crippen molar-refractivity contribution >= 4 is 11.6 Å². The minimum absolute atomic E-state index is 0.127. The zero-order valence-corrected chi connectivity index (χ0v) is 10.3. The zero-order chi connectivity index (χ0) is 14.8. The SMILES string of the molecule is [2H]C([2H])([2H])[C@H](C)c1ccccc1NC(=O)C(C)(C)C. The molecule has 1 aromatic carbocycles. The van der Waals surface area contributed by atoms with Crippen molar-refractivity contribution < 1.29 is 8.91 Å². The van der Waals surface area contributed by atoms with E-state index < -0.39 is 18.2 Å². The number of anilines is 1. The van der Waals surface area contributed by atoms with Gasteiger partial charge in [-0.15, -0.1) is 0 Å². The highest BCUT2D eigenvalue weighted by Gasteiger charge is 2.22. The van der Waals surface area contributed by atoms with E-state index >= 15 is 0 Å². The maximum Gasteiger partial charge on any atom is 0.229 e. The zero-order valence-electron chi connectivity index (χ0n) is 13.3. The summed E-state index contributed by atoms with van der Waals surface area (Å²) in [7, 11) is 0. The van der Waals surface area contributed by atoms with E-state index in [1.54, 1.807) is 31.2 Å². The molecule has 1 aromatic rings. The van der Waals surface area contributed by atoms with Gasteiger partial charge in [0.05, 0.1) is 0 Å². The van der Waals surface area contributed by atoms with Gasteiger partial charge in [0.1, 0.15) is 0 Å². The largest absolute Gasteiger partial charge is 0.325 e. The van der Waals surface area contributed by atoms with Gasteiger partial charge in [0, 0.05) is 15.2 Å². The molecule has 1 amide bonds. The van der Waals surface area contributed by atoms with Gasteiger partial charge >= 0.3 is 0 Å². The highest BCUT2D eigenvalue weighted by molar-refractivity contribution is 5.95. The van der Waals surface area contributed by atoms with E-state index in [0.717, 1.165) is 0 Å². The quantitative estimate of drug-likeness (QED) is 0.810. The second kappa shape index (κ2) is 4.69. The molecule has 1 atom stereocenters. The molecule has 2 heteroatoms. The number of amides is 1. The Bertz CT molecular complexity index is 460. The van der Waals surface area contributed by atoms with E-state index in [-0.39, 0.29) is 5.91 Å². The van der Waals surface area contributed by atoms with Gasteiger partial charge in [0.25, 0.3) is 0 Å². The van der Waals surface area contributed by atoms with E-state index in [1.165, 1.54) is 0 Å². The highest BCUT2D eigenvalue weighted by atomic mass is 16.2. The molecule has 0 fully saturated rings. The minimum Gasteiger partial charge on any atom is -0.325 e. The lowest BCUT2D eigenvalue weighted by atomic mass is 9.94. The van der Waals surface area contributed by atoms with E-state index in [4.69, 9.17) is 4.11 Å². The predicted octanol–water partition coefficient (Wildman–Crippen LogP) is 3.79. The van der Waals surface area contributed by atoms with Crippen LogP contribution < -0.4 is 5.32 Å². The van der Waals surface area contributed by atoms with Gasteiger partial charge in [-0.2, -0.15) is 0 Å². The van der Waals surface area contributed by atoms with Crippen LogP contribution in [-0.2, 0) is 4.79 Å². The van der Waals surface area contributed by atoms with Crippen molar-refractivity contribution in [3.63, 3.8) is 0 Å². The molecule has 2 nitrogen and oxygen atoms in total. The Kier molecular flexibility index (Phi) is 2.58. The maximum atomic E-state index is 12.0. The molecule has 0 unspecified atom stereocenters. The minimum atomic E-state index is -2.08. The van der Waals surface area contributed by atoms with Crippen molar-refractivity contribution in [2.24, 2.45) is 5.41 Å². The van der Waals surface area contributed by atoms with Gasteiger partial charge in [-0.25, -0.2) is 0 Å². The molecule has 0 aliphatic carbocycles. The summed E-state index contributed by atoms with van der Waals surface area (Å²) in [4.78, 5) is 12.0. The van der Waals surface area contributed by atoms with Crippen molar-refractivity contribution in [3.8, 4) is 0 Å². The topological polar surface area (TPSA) is 29.1 Å². The third kappa shape index (κ3) is 3.09. The standard InChI is InChI=1S/C14H21NO/c1-10(2)11-8-6-7-9-12(11)15-13(16)14(3,4)5/h6-10H,1-5H3,(H,15,16)/i1D3/t10-/m1/s1. The van der Waals surface area contributed by atoms with Crippen molar-refractivity contribution in [2.75, 3.05) is 5.32 Å². The average Bonchev–Trinajstić information content (AvgIpc) is 2.26. The molecule has 0 bridgehead atoms. The monoisotopic (exact) mass is 222 g/mol. The van der Waals surface area contributed by atoms with Crippen LogP contribution in [0.5, 0.6) is 0 Å². The number of hydrogen-bond acceptors (Lipinski definition) is 1. The Morgan fingerprint density at radius 3 is 2.56 bits per heavy atom. The van der Waals surface area contributed by atoms with Crippen LogP contribution in [0.15, 0.2) is 24.3 Å². The summed E-state index contributed by atoms with van der Waals surface area (Å²) >= 11 is 0. The molecule has 16 heavy (non-hydrogen) atoms. The van der Waals surface area contributed by atoms with E-state index in [2.05, 4.69) is 5.32 Å². The summed E-state index contributed by atoms with van der Waals surface area (Å²) in [6.07, 6.45) is 0. The Morgan fingerprint density at radius 2 is 2.00 bits per heavy atom. The van der Waals surface area contributed by atoms with Crippen molar-refractivity contribution in [1.82, 2.24) is 0 Å². The molecule has 0 aliphatic rings. The molecule has 0 heterocycles. The number of carbonyl (C=O) groups is 1. The molecular formula is C14H21NO. The molecule has 0 radical (unpaired) electrons. The van der Waals surface area contributed by atoms with Crippen LogP contribution in [0.4, 0.5) is 5.69 Å². The second-order valence-corrected chi connectivity index (χ2v) is 5.01. The van der Waals surface area contributed by atoms with Crippen LogP contribution in [-0.4, -0.2) is 5.91 Å². The molecule has 88 valence electrons. The average molecular weight is 222 g/mol. The summed E-state index contributed by atoms with van der Waals surface area (Å²) < 4.78 is 22.5. The fourth-order valence-electron chi connectivity index (χ4n) is 1.30. The summed E-state index contributed by atoms with van der Waals surface area (Å²) in [6.45, 7) is 5.02. The third-order valence-electron chi connectivity index (χ3n) is 2.36. The first-order valence-corrected chi connectivity index (χ1v) is 5.44. The van der Waals surface area contributed by atoms with E-state index in [0.29, 0.717) is 11.3 Å². The molecule has 0 saturated carbocycles. The number of carbonyl (C=O) groups excluding carboxylic acids is 1. The molecule has 0 spiro atoms. The normalized spacial score (nSPS) is 16.9. The number of nitrogens with one attached hydrogen (secondary N) is 1. The fraction of sp³-hybridized carbons (Fsp3) is 0.500. The van der Waals surface area contributed by atoms with E-state index in [9.17, 15) is 4.79 Å². The number of para-hydroxylation sites is 1. The summed E-state index contributed by atoms with van der Waals surface area (Å²) in [5.74, 6) is -0.748. The molecular weight excluding hydrogens is 198 g/mol. The number of hydrogen-bond donors (Lipinski definition) is 1. The highest BCUT2D eigenvalue weighted by Crippen LogP contribution is 2.25. The first-order chi connectivity index (χ1) is 8.53. The lowest BCUT2D eigenvalue weighted by molar-refractivity contribution is -0.123. The van der Waals surface area contributed by atoms with Crippen LogP contribution in [0.1, 0.15) is 50.1 Å². The third-order valence-corrected chi connectivity index (χ3v) is 2.36. The van der Waals surface area contributed by atoms with Gasteiger partial charge < -0.3 is 5.32 Å². The first-order valence-electron chi connectivity index (χ1n) is 6.94. The molecule has 0 aromatic heterocycles. The molecule has 0 aliphatic heterocycles. The Balaban J connectivity index is 3.07. The maximum absolute atomic E-state index is 12.0. The summed E-state index contributed by atoms with van der Waals surface area (Å²) in [6, 6.07) is 7.05. The fourth-order valence-corrected chi connectivity index (χ4v) is 1.30. The van der Waals surface area contributed by atoms with Crippen LogP contribution in [0.3, 0.4) is 0 Å². The van der Waals surface area contributed by atoms with Crippen molar-refractivity contribution in [3.05, 3.63) is 29.8 Å². The van der Waals surface area contributed by atoms with Crippen LogP contribution >= 0.6 is 0 Å². The van der Waals surface area contributed by atoms with Crippen LogP contribution in [0.25, 0.3) is 0 Å². The van der Waals surface area contributed by atoms with Gasteiger partial charge in [-0.3, -0.25) is 4.79 Å². The van der Waals surface area contributed by atoms with Crippen molar-refractivity contribution in [1.29, 1.82) is 0 Å². The van der Waals surface area contributed by atoms with Gasteiger partial charge in [-0.1, -0.05) is 52.7 Å². The lowest BCUT2D eigenvalue weighted by Crippen LogP contribution is -2.28. The van der Waals surface area contributed by atoms with Gasteiger partial charge in [0.2, 0.25) is 5.91 Å². The summed E-state index contributed by atoms with van der Waals surface area (Å²) in [5, 5.41) is 2.81. The summed E-state index contributed by atoms with van der Waals surface area (Å²) in [5.41, 5.74) is 0.697. The van der Waals surface area contributed by atoms with Gasteiger partial charge in [0.15, 0.2) is 0 Å². The van der Waals surface area contributed by atoms with E-state index in [1.807, 2.05) is 20.8 Å². The molecule has 0 saturated heterocycles. The van der Waals surface area contributed by atoms with Crippen LogP contribution in [0.2, 0.25) is 0 Å². The Hall–Kier alpha value is -1.31. The Labute approximate surface area is 102 Å². The lowest BCUT2D eigenvalue weighted by Gasteiger charge is -2.20.